The van der Waals surface area contributed by atoms with Crippen LogP contribution >= 0.6 is 0 Å². The predicted octanol–water partition coefficient (Wildman–Crippen LogP) is 7.53. The first kappa shape index (κ1) is 27.8. The summed E-state index contributed by atoms with van der Waals surface area (Å²) in [5.41, 5.74) is 5.39. The number of carbonyl (C=O) groups excluding carboxylic acids is 1. The number of ketones is 1. The van der Waals surface area contributed by atoms with Crippen LogP contribution in [0.3, 0.4) is 0 Å². The summed E-state index contributed by atoms with van der Waals surface area (Å²) in [6.45, 7) is 21.9. The molecule has 0 atom stereocenters. The van der Waals surface area contributed by atoms with Crippen LogP contribution in [-0.2, 0) is 15.6 Å². The van der Waals surface area contributed by atoms with E-state index in [0.717, 1.165) is 45.4 Å². The van der Waals surface area contributed by atoms with Crippen molar-refractivity contribution < 1.29 is 14.3 Å². The fraction of sp³-hybridized carbons (Fsp3) is 0.485. The SMILES string of the molecule is COc1ccc2c(c1)C(C)(C)C(=CC(=O)C=C1N(C(C)(C)C)c3ccc(OC)cc3C1(C)C)N2C(C)(C)C. The van der Waals surface area contributed by atoms with Crippen molar-refractivity contribution in [2.45, 2.75) is 91.1 Å². The summed E-state index contributed by atoms with van der Waals surface area (Å²) in [5.74, 6) is 1.63. The second-order valence-electron chi connectivity index (χ2n) is 13.5. The Kier molecular flexibility index (Phi) is 6.54. The van der Waals surface area contributed by atoms with Crippen LogP contribution in [-0.4, -0.2) is 31.1 Å². The molecule has 4 rings (SSSR count). The van der Waals surface area contributed by atoms with Gasteiger partial charge in [0.25, 0.3) is 0 Å². The molecule has 2 heterocycles. The fourth-order valence-electron chi connectivity index (χ4n) is 6.02. The van der Waals surface area contributed by atoms with Crippen molar-refractivity contribution in [3.8, 4) is 11.5 Å². The lowest BCUT2D eigenvalue weighted by atomic mass is 9.82. The minimum Gasteiger partial charge on any atom is -0.497 e. The third-order valence-corrected chi connectivity index (χ3v) is 7.90. The zero-order valence-electron chi connectivity index (χ0n) is 25.2. The van der Waals surface area contributed by atoms with Crippen molar-refractivity contribution in [1.29, 1.82) is 0 Å². The first-order valence-electron chi connectivity index (χ1n) is 13.4. The third-order valence-electron chi connectivity index (χ3n) is 7.90. The summed E-state index contributed by atoms with van der Waals surface area (Å²) in [6.07, 6.45) is 3.68. The van der Waals surface area contributed by atoms with Crippen molar-refractivity contribution in [1.82, 2.24) is 0 Å². The Morgan fingerprint density at radius 2 is 1.03 bits per heavy atom. The summed E-state index contributed by atoms with van der Waals surface area (Å²) in [7, 11) is 3.38. The molecule has 2 aromatic carbocycles. The second kappa shape index (κ2) is 8.93. The number of fused-ring (bicyclic) bond motifs is 2. The van der Waals surface area contributed by atoms with Crippen molar-refractivity contribution in [2.75, 3.05) is 24.0 Å². The predicted molar refractivity (Wildman–Crippen MR) is 158 cm³/mol. The van der Waals surface area contributed by atoms with Crippen molar-refractivity contribution in [3.05, 3.63) is 71.1 Å². The lowest BCUT2D eigenvalue weighted by Gasteiger charge is -2.38. The molecule has 0 unspecified atom stereocenters. The van der Waals surface area contributed by atoms with Gasteiger partial charge in [-0.2, -0.15) is 0 Å². The molecule has 0 bridgehead atoms. The quantitative estimate of drug-likeness (QED) is 0.393. The average molecular weight is 517 g/mol. The molecule has 38 heavy (non-hydrogen) atoms. The molecule has 2 aromatic rings. The lowest BCUT2D eigenvalue weighted by Crippen LogP contribution is -2.42. The van der Waals surface area contributed by atoms with Crippen LogP contribution in [0, 0.1) is 0 Å². The third kappa shape index (κ3) is 4.40. The van der Waals surface area contributed by atoms with Gasteiger partial charge in [-0.3, -0.25) is 4.79 Å². The molecule has 5 nitrogen and oxygen atoms in total. The maximum atomic E-state index is 14.0. The van der Waals surface area contributed by atoms with Gasteiger partial charge in [-0.1, -0.05) is 27.7 Å². The molecule has 0 saturated carbocycles. The molecule has 2 aliphatic heterocycles. The zero-order chi connectivity index (χ0) is 28.4. The van der Waals surface area contributed by atoms with Crippen LogP contribution in [0.1, 0.15) is 80.4 Å². The normalized spacial score (nSPS) is 20.1. The van der Waals surface area contributed by atoms with E-state index in [9.17, 15) is 4.79 Å². The molecule has 0 spiro atoms. The fourth-order valence-corrected chi connectivity index (χ4v) is 6.02. The average Bonchev–Trinajstić information content (AvgIpc) is 3.17. The van der Waals surface area contributed by atoms with E-state index in [1.165, 1.54) is 0 Å². The Bertz CT molecular complexity index is 1230. The van der Waals surface area contributed by atoms with E-state index in [1.807, 2.05) is 24.3 Å². The van der Waals surface area contributed by atoms with E-state index in [2.05, 4.69) is 103 Å². The van der Waals surface area contributed by atoms with Gasteiger partial charge in [0, 0.05) is 56.8 Å². The summed E-state index contributed by atoms with van der Waals surface area (Å²) in [4.78, 5) is 18.6. The Morgan fingerprint density at radius 1 is 0.684 bits per heavy atom. The van der Waals surface area contributed by atoms with Gasteiger partial charge in [0.15, 0.2) is 5.78 Å². The lowest BCUT2D eigenvalue weighted by molar-refractivity contribution is -0.110. The van der Waals surface area contributed by atoms with Crippen LogP contribution in [0.5, 0.6) is 11.5 Å². The number of allylic oxidation sites excluding steroid dienone is 4. The summed E-state index contributed by atoms with van der Waals surface area (Å²) >= 11 is 0. The Balaban J connectivity index is 1.86. The number of nitrogens with zero attached hydrogens (tertiary/aromatic N) is 2. The van der Waals surface area contributed by atoms with Crippen LogP contribution in [0.2, 0.25) is 0 Å². The van der Waals surface area contributed by atoms with Gasteiger partial charge in [0.1, 0.15) is 11.5 Å². The van der Waals surface area contributed by atoms with Gasteiger partial charge in [-0.15, -0.1) is 0 Å². The molecule has 0 saturated heterocycles. The molecular weight excluding hydrogens is 472 g/mol. The van der Waals surface area contributed by atoms with Crippen molar-refractivity contribution in [2.24, 2.45) is 0 Å². The number of hydrogen-bond donors (Lipinski definition) is 0. The molecule has 0 aromatic heterocycles. The van der Waals surface area contributed by atoms with Crippen LogP contribution < -0.4 is 19.3 Å². The number of ether oxygens (including phenoxy) is 2. The number of benzene rings is 2. The van der Waals surface area contributed by atoms with E-state index in [1.54, 1.807) is 14.2 Å². The highest BCUT2D eigenvalue weighted by molar-refractivity contribution is 6.02. The number of rotatable bonds is 4. The van der Waals surface area contributed by atoms with Gasteiger partial charge in [0.05, 0.1) is 14.2 Å². The van der Waals surface area contributed by atoms with E-state index < -0.39 is 0 Å². The topological polar surface area (TPSA) is 42.0 Å². The van der Waals surface area contributed by atoms with E-state index >= 15 is 0 Å². The number of anilines is 2. The minimum atomic E-state index is -0.365. The van der Waals surface area contributed by atoms with E-state index in [-0.39, 0.29) is 27.7 Å². The first-order chi connectivity index (χ1) is 17.4. The molecule has 2 aliphatic rings. The number of hydrogen-bond acceptors (Lipinski definition) is 5. The van der Waals surface area contributed by atoms with Crippen molar-refractivity contribution >= 4 is 17.2 Å². The molecule has 0 N–H and O–H groups in total. The molecule has 0 aliphatic carbocycles. The second-order valence-corrected chi connectivity index (χ2v) is 13.5. The van der Waals surface area contributed by atoms with Gasteiger partial charge >= 0.3 is 0 Å². The Labute approximate surface area is 229 Å². The van der Waals surface area contributed by atoms with Gasteiger partial charge < -0.3 is 19.3 Å². The van der Waals surface area contributed by atoms with Gasteiger partial charge in [-0.25, -0.2) is 0 Å². The Hall–Kier alpha value is -3.21. The number of methoxy groups -OCH3 is 2. The van der Waals surface area contributed by atoms with Crippen LogP contribution in [0.25, 0.3) is 0 Å². The molecule has 5 heteroatoms. The first-order valence-corrected chi connectivity index (χ1v) is 13.4. The maximum absolute atomic E-state index is 14.0. The molecule has 0 amide bonds. The summed E-state index contributed by atoms with van der Waals surface area (Å²) < 4.78 is 11.1. The largest absolute Gasteiger partial charge is 0.497 e. The zero-order valence-corrected chi connectivity index (χ0v) is 25.2. The number of carbonyl (C=O) groups is 1. The van der Waals surface area contributed by atoms with E-state index in [4.69, 9.17) is 9.47 Å². The van der Waals surface area contributed by atoms with Crippen LogP contribution in [0.15, 0.2) is 59.9 Å². The highest BCUT2D eigenvalue weighted by Gasteiger charge is 2.46. The molecule has 0 fully saturated rings. The van der Waals surface area contributed by atoms with Crippen molar-refractivity contribution in [3.63, 3.8) is 0 Å². The Morgan fingerprint density at radius 3 is 1.32 bits per heavy atom. The maximum Gasteiger partial charge on any atom is 0.182 e. The standard InChI is InChI=1S/C33H44N2O3/c1-30(2,3)34-26-15-13-22(37-11)19-24(26)32(7,8)28(34)17-21(36)18-29-33(9,10)25-20-23(38-12)14-16-27(25)35(29)31(4,5)6/h13-20H,1-12H3. The van der Waals surface area contributed by atoms with Gasteiger partial charge in [0.2, 0.25) is 0 Å². The molecule has 204 valence electrons. The highest BCUT2D eigenvalue weighted by Crippen LogP contribution is 2.53. The summed E-state index contributed by atoms with van der Waals surface area (Å²) in [5, 5.41) is 0. The van der Waals surface area contributed by atoms with E-state index in [0.29, 0.717) is 0 Å². The summed E-state index contributed by atoms with van der Waals surface area (Å²) in [6, 6.07) is 12.4. The smallest absolute Gasteiger partial charge is 0.182 e. The minimum absolute atomic E-state index is 0.0146. The highest BCUT2D eigenvalue weighted by atomic mass is 16.5. The van der Waals surface area contributed by atoms with Gasteiger partial charge in [-0.05, 0) is 89.1 Å². The molecule has 0 radical (unpaired) electrons. The van der Waals surface area contributed by atoms with Crippen LogP contribution in [0.4, 0.5) is 11.4 Å². The molecular formula is C33H44N2O3. The monoisotopic (exact) mass is 516 g/mol.